The van der Waals surface area contributed by atoms with Crippen molar-refractivity contribution in [3.63, 3.8) is 0 Å². The first kappa shape index (κ1) is 18.2. The Labute approximate surface area is 174 Å². The summed E-state index contributed by atoms with van der Waals surface area (Å²) in [6.07, 6.45) is 4.63. The Morgan fingerprint density at radius 1 is 1.13 bits per heavy atom. The van der Waals surface area contributed by atoms with Crippen molar-refractivity contribution in [3.8, 4) is 11.5 Å². The Balaban J connectivity index is 1.27. The molecule has 0 fully saturated rings. The smallest absolute Gasteiger partial charge is 0.251 e. The number of imidazole rings is 1. The summed E-state index contributed by atoms with van der Waals surface area (Å²) >= 11 is 0. The molecule has 4 aromatic rings. The van der Waals surface area contributed by atoms with Crippen LogP contribution < -0.4 is 14.8 Å². The third-order valence-corrected chi connectivity index (χ3v) is 5.16. The molecular weight excluding hydrogens is 378 g/mol. The molecule has 2 aromatic carbocycles. The number of nitrogens with one attached hydrogen (secondary N) is 1. The summed E-state index contributed by atoms with van der Waals surface area (Å²) in [4.78, 5) is 17.4. The first-order valence-electron chi connectivity index (χ1n) is 9.94. The predicted molar refractivity (Wildman–Crippen MR) is 113 cm³/mol. The van der Waals surface area contributed by atoms with Crippen molar-refractivity contribution in [3.05, 3.63) is 95.9 Å². The number of fused-ring (bicyclic) bond motifs is 2. The first-order valence-corrected chi connectivity index (χ1v) is 9.94. The Kier molecular flexibility index (Phi) is 4.81. The molecule has 1 aliphatic heterocycles. The third-order valence-electron chi connectivity index (χ3n) is 5.16. The number of benzene rings is 2. The fourth-order valence-corrected chi connectivity index (χ4v) is 3.67. The topological polar surface area (TPSA) is 64.9 Å². The fourth-order valence-electron chi connectivity index (χ4n) is 3.67. The highest BCUT2D eigenvalue weighted by atomic mass is 16.5. The van der Waals surface area contributed by atoms with Gasteiger partial charge >= 0.3 is 0 Å². The number of carbonyl (C=O) groups excluding carboxylic acids is 1. The largest absolute Gasteiger partial charge is 0.493 e. The van der Waals surface area contributed by atoms with Crippen molar-refractivity contribution >= 4 is 11.6 Å². The van der Waals surface area contributed by atoms with E-state index in [2.05, 4.69) is 10.3 Å². The van der Waals surface area contributed by atoms with Crippen LogP contribution in [0.2, 0.25) is 0 Å². The molecule has 6 heteroatoms. The van der Waals surface area contributed by atoms with Gasteiger partial charge in [-0.3, -0.25) is 4.79 Å². The number of hydrogen-bond donors (Lipinski definition) is 1. The monoisotopic (exact) mass is 399 g/mol. The van der Waals surface area contributed by atoms with Crippen molar-refractivity contribution in [1.29, 1.82) is 0 Å². The van der Waals surface area contributed by atoms with Gasteiger partial charge in [-0.05, 0) is 36.4 Å². The van der Waals surface area contributed by atoms with Crippen LogP contribution >= 0.6 is 0 Å². The van der Waals surface area contributed by atoms with Crippen LogP contribution in [0.25, 0.3) is 5.65 Å². The van der Waals surface area contributed by atoms with E-state index in [1.165, 1.54) is 0 Å². The van der Waals surface area contributed by atoms with Crippen LogP contribution in [-0.2, 0) is 6.61 Å². The predicted octanol–water partition coefficient (Wildman–Crippen LogP) is 4.17. The van der Waals surface area contributed by atoms with Crippen molar-refractivity contribution in [2.75, 3.05) is 6.61 Å². The van der Waals surface area contributed by atoms with E-state index in [-0.39, 0.29) is 11.9 Å². The zero-order chi connectivity index (χ0) is 20.3. The zero-order valence-corrected chi connectivity index (χ0v) is 16.3. The number of ether oxygens (including phenoxy) is 2. The SMILES string of the molecule is O=C(N[C@H]1CCOc2ccccc21)c1cccc(OCc2cn3ccccc3n2)c1. The standard InChI is InChI=1S/C24H21N3O3/c28-24(26-21-11-13-29-22-9-2-1-8-20(21)22)17-6-5-7-19(14-17)30-16-18-15-27-12-4-3-10-23(27)25-18/h1-10,12,14-15,21H,11,13,16H2,(H,26,28)/t21-/m0/s1. The van der Waals surface area contributed by atoms with Gasteiger partial charge in [-0.2, -0.15) is 0 Å². The molecule has 0 unspecified atom stereocenters. The average molecular weight is 399 g/mol. The molecule has 1 amide bonds. The van der Waals surface area contributed by atoms with E-state index in [1.807, 2.05) is 71.4 Å². The Morgan fingerprint density at radius 2 is 2.03 bits per heavy atom. The van der Waals surface area contributed by atoms with E-state index in [4.69, 9.17) is 9.47 Å². The van der Waals surface area contributed by atoms with Gasteiger partial charge < -0.3 is 19.2 Å². The Bertz CT molecular complexity index is 1170. The molecule has 0 radical (unpaired) electrons. The van der Waals surface area contributed by atoms with Gasteiger partial charge in [0, 0.05) is 29.9 Å². The number of nitrogens with zero attached hydrogens (tertiary/aromatic N) is 2. The molecule has 0 saturated heterocycles. The second-order valence-electron chi connectivity index (χ2n) is 7.22. The first-order chi connectivity index (χ1) is 14.8. The van der Waals surface area contributed by atoms with Gasteiger partial charge in [0.25, 0.3) is 5.91 Å². The summed E-state index contributed by atoms with van der Waals surface area (Å²) in [5, 5.41) is 3.12. The van der Waals surface area contributed by atoms with Crippen LogP contribution in [0, 0.1) is 0 Å². The summed E-state index contributed by atoms with van der Waals surface area (Å²) in [5.74, 6) is 1.33. The molecular formula is C24H21N3O3. The molecule has 6 nitrogen and oxygen atoms in total. The number of rotatable bonds is 5. The van der Waals surface area contributed by atoms with E-state index < -0.39 is 0 Å². The molecule has 0 bridgehead atoms. The summed E-state index contributed by atoms with van der Waals surface area (Å²) < 4.78 is 13.5. The van der Waals surface area contributed by atoms with Gasteiger partial charge in [0.1, 0.15) is 23.8 Å². The number of amides is 1. The fraction of sp³-hybridized carbons (Fsp3) is 0.167. The summed E-state index contributed by atoms with van der Waals surface area (Å²) in [6.45, 7) is 0.921. The van der Waals surface area contributed by atoms with E-state index >= 15 is 0 Å². The lowest BCUT2D eigenvalue weighted by Crippen LogP contribution is -2.32. The molecule has 150 valence electrons. The molecule has 1 aliphatic rings. The maximum absolute atomic E-state index is 12.8. The molecule has 0 saturated carbocycles. The zero-order valence-electron chi connectivity index (χ0n) is 16.3. The lowest BCUT2D eigenvalue weighted by Gasteiger charge is -2.26. The van der Waals surface area contributed by atoms with Crippen molar-refractivity contribution in [1.82, 2.24) is 14.7 Å². The van der Waals surface area contributed by atoms with Gasteiger partial charge in [0.15, 0.2) is 0 Å². The van der Waals surface area contributed by atoms with Gasteiger partial charge in [0.05, 0.1) is 18.3 Å². The highest BCUT2D eigenvalue weighted by Gasteiger charge is 2.23. The molecule has 1 atom stereocenters. The molecule has 1 N–H and O–H groups in total. The summed E-state index contributed by atoms with van der Waals surface area (Å²) in [5.41, 5.74) is 3.28. The maximum atomic E-state index is 12.8. The highest BCUT2D eigenvalue weighted by Crippen LogP contribution is 2.31. The number of pyridine rings is 1. The molecule has 0 aliphatic carbocycles. The molecule has 2 aromatic heterocycles. The van der Waals surface area contributed by atoms with Crippen LogP contribution in [0.5, 0.6) is 11.5 Å². The van der Waals surface area contributed by atoms with Crippen LogP contribution in [0.3, 0.4) is 0 Å². The van der Waals surface area contributed by atoms with E-state index in [0.29, 0.717) is 24.5 Å². The van der Waals surface area contributed by atoms with Gasteiger partial charge in [-0.15, -0.1) is 0 Å². The third kappa shape index (κ3) is 3.72. The minimum Gasteiger partial charge on any atom is -0.493 e. The van der Waals surface area contributed by atoms with Crippen LogP contribution in [-0.4, -0.2) is 21.9 Å². The summed E-state index contributed by atoms with van der Waals surface area (Å²) in [7, 11) is 0. The Morgan fingerprint density at radius 3 is 2.97 bits per heavy atom. The number of hydrogen-bond acceptors (Lipinski definition) is 4. The molecule has 3 heterocycles. The normalized spacial score (nSPS) is 15.3. The van der Waals surface area contributed by atoms with Gasteiger partial charge in [0.2, 0.25) is 0 Å². The lowest BCUT2D eigenvalue weighted by molar-refractivity contribution is 0.0924. The second-order valence-corrected chi connectivity index (χ2v) is 7.22. The van der Waals surface area contributed by atoms with Crippen LogP contribution in [0.1, 0.15) is 34.1 Å². The molecule has 30 heavy (non-hydrogen) atoms. The van der Waals surface area contributed by atoms with Crippen molar-refractivity contribution in [2.24, 2.45) is 0 Å². The second kappa shape index (κ2) is 7.91. The van der Waals surface area contributed by atoms with Crippen LogP contribution in [0.4, 0.5) is 0 Å². The van der Waals surface area contributed by atoms with E-state index in [1.54, 1.807) is 12.1 Å². The minimum absolute atomic E-state index is 0.0648. The van der Waals surface area contributed by atoms with Crippen molar-refractivity contribution in [2.45, 2.75) is 19.1 Å². The quantitative estimate of drug-likeness (QED) is 0.547. The van der Waals surface area contributed by atoms with Crippen molar-refractivity contribution < 1.29 is 14.3 Å². The van der Waals surface area contributed by atoms with E-state index in [0.717, 1.165) is 29.1 Å². The highest BCUT2D eigenvalue weighted by molar-refractivity contribution is 5.94. The number of carbonyl (C=O) groups is 1. The lowest BCUT2D eigenvalue weighted by atomic mass is 10.00. The summed E-state index contributed by atoms with van der Waals surface area (Å²) in [6, 6.07) is 20.8. The minimum atomic E-state index is -0.130. The average Bonchev–Trinajstić information content (AvgIpc) is 3.21. The van der Waals surface area contributed by atoms with Gasteiger partial charge in [-0.25, -0.2) is 4.98 Å². The van der Waals surface area contributed by atoms with E-state index in [9.17, 15) is 4.79 Å². The van der Waals surface area contributed by atoms with Gasteiger partial charge in [-0.1, -0.05) is 30.3 Å². The molecule has 0 spiro atoms. The maximum Gasteiger partial charge on any atom is 0.251 e. The number of aromatic nitrogens is 2. The Hall–Kier alpha value is -3.80. The van der Waals surface area contributed by atoms with Crippen LogP contribution in [0.15, 0.2) is 79.1 Å². The number of para-hydroxylation sites is 1. The molecule has 5 rings (SSSR count).